The molecule has 1 N–H and O–H groups in total. The Bertz CT molecular complexity index is 881. The molecule has 0 saturated heterocycles. The molecular formula is C15H8N2O2S2. The van der Waals surface area contributed by atoms with E-state index in [9.17, 15) is 10.1 Å². The van der Waals surface area contributed by atoms with Gasteiger partial charge in [-0.3, -0.25) is 0 Å². The Morgan fingerprint density at radius 3 is 2.86 bits per heavy atom. The van der Waals surface area contributed by atoms with Crippen molar-refractivity contribution in [3.05, 3.63) is 52.2 Å². The normalized spacial score (nSPS) is 10.4. The Hall–Kier alpha value is -2.36. The molecule has 0 saturated carbocycles. The van der Waals surface area contributed by atoms with Gasteiger partial charge in [-0.2, -0.15) is 5.26 Å². The zero-order valence-electron chi connectivity index (χ0n) is 10.6. The fourth-order valence-corrected chi connectivity index (χ4v) is 3.66. The molecular weight excluding hydrogens is 304 g/mol. The summed E-state index contributed by atoms with van der Waals surface area (Å²) in [7, 11) is 0. The summed E-state index contributed by atoms with van der Waals surface area (Å²) in [6.07, 6.45) is 0. The highest BCUT2D eigenvalue weighted by atomic mass is 32.2. The first-order valence-corrected chi connectivity index (χ1v) is 7.66. The van der Waals surface area contributed by atoms with Crippen LogP contribution in [0.25, 0.3) is 10.9 Å². The molecule has 102 valence electrons. The van der Waals surface area contributed by atoms with Crippen molar-refractivity contribution in [2.24, 2.45) is 0 Å². The van der Waals surface area contributed by atoms with E-state index in [1.807, 2.05) is 24.3 Å². The first kappa shape index (κ1) is 13.6. The van der Waals surface area contributed by atoms with E-state index in [1.54, 1.807) is 17.5 Å². The van der Waals surface area contributed by atoms with Gasteiger partial charge in [-0.05, 0) is 18.2 Å². The van der Waals surface area contributed by atoms with Gasteiger partial charge in [0.2, 0.25) is 0 Å². The van der Waals surface area contributed by atoms with Gasteiger partial charge in [0.1, 0.15) is 9.90 Å². The van der Waals surface area contributed by atoms with E-state index in [1.165, 1.54) is 23.1 Å². The number of carbonyl (C=O) groups is 1. The fourth-order valence-electron chi connectivity index (χ4n) is 1.90. The van der Waals surface area contributed by atoms with Gasteiger partial charge in [-0.15, -0.1) is 11.3 Å². The minimum atomic E-state index is -0.934. The second-order valence-electron chi connectivity index (χ2n) is 4.19. The van der Waals surface area contributed by atoms with Crippen molar-refractivity contribution < 1.29 is 9.90 Å². The molecule has 0 radical (unpaired) electrons. The summed E-state index contributed by atoms with van der Waals surface area (Å²) in [5, 5.41) is 21.4. The van der Waals surface area contributed by atoms with Crippen LogP contribution in [-0.4, -0.2) is 16.1 Å². The molecule has 0 bridgehead atoms. The summed E-state index contributed by atoms with van der Waals surface area (Å²) in [4.78, 5) is 16.5. The minimum Gasteiger partial charge on any atom is -0.477 e. The SMILES string of the molecule is N#Cc1cc(Sc2csc(C(=O)O)c2)nc2ccccc12. The highest BCUT2D eigenvalue weighted by molar-refractivity contribution is 7.99. The Balaban J connectivity index is 2.00. The van der Waals surface area contributed by atoms with Gasteiger partial charge >= 0.3 is 5.97 Å². The predicted molar refractivity (Wildman–Crippen MR) is 81.9 cm³/mol. The maximum atomic E-state index is 10.9. The number of thiophene rings is 1. The summed E-state index contributed by atoms with van der Waals surface area (Å²) in [5.74, 6) is -0.934. The third-order valence-corrected chi connectivity index (χ3v) is 4.78. The molecule has 3 rings (SSSR count). The van der Waals surface area contributed by atoms with E-state index in [4.69, 9.17) is 5.11 Å². The Labute approximate surface area is 128 Å². The molecule has 1 aromatic carbocycles. The van der Waals surface area contributed by atoms with Crippen LogP contribution in [0.1, 0.15) is 15.2 Å². The second kappa shape index (κ2) is 5.56. The zero-order valence-corrected chi connectivity index (χ0v) is 12.2. The van der Waals surface area contributed by atoms with Crippen LogP contribution in [0.15, 0.2) is 51.7 Å². The summed E-state index contributed by atoms with van der Waals surface area (Å²) in [6, 6.07) is 13.0. The number of nitrogens with zero attached hydrogens (tertiary/aromatic N) is 2. The molecule has 2 heterocycles. The lowest BCUT2D eigenvalue weighted by molar-refractivity contribution is 0.0702. The van der Waals surface area contributed by atoms with Crippen molar-refractivity contribution >= 4 is 40.0 Å². The molecule has 0 atom stereocenters. The molecule has 4 nitrogen and oxygen atoms in total. The largest absolute Gasteiger partial charge is 0.477 e. The number of rotatable bonds is 3. The predicted octanol–water partition coefficient (Wildman–Crippen LogP) is 4.02. The molecule has 21 heavy (non-hydrogen) atoms. The molecule has 0 unspecified atom stereocenters. The van der Waals surface area contributed by atoms with Gasteiger partial charge in [0, 0.05) is 15.7 Å². The zero-order chi connectivity index (χ0) is 14.8. The topological polar surface area (TPSA) is 74.0 Å². The smallest absolute Gasteiger partial charge is 0.345 e. The summed E-state index contributed by atoms with van der Waals surface area (Å²) in [6.45, 7) is 0. The van der Waals surface area contributed by atoms with Gasteiger partial charge in [-0.1, -0.05) is 30.0 Å². The highest BCUT2D eigenvalue weighted by Gasteiger charge is 2.10. The lowest BCUT2D eigenvalue weighted by atomic mass is 10.1. The van der Waals surface area contributed by atoms with Crippen LogP contribution in [0.3, 0.4) is 0 Å². The van der Waals surface area contributed by atoms with Gasteiger partial charge in [0.05, 0.1) is 17.1 Å². The van der Waals surface area contributed by atoms with Crippen LogP contribution in [0.5, 0.6) is 0 Å². The van der Waals surface area contributed by atoms with Crippen LogP contribution in [0.2, 0.25) is 0 Å². The number of aromatic carboxylic acids is 1. The van der Waals surface area contributed by atoms with Crippen molar-refractivity contribution in [3.63, 3.8) is 0 Å². The number of pyridine rings is 1. The average molecular weight is 312 g/mol. The van der Waals surface area contributed by atoms with Crippen LogP contribution in [0, 0.1) is 11.3 Å². The molecule has 0 aliphatic rings. The standard InChI is InChI=1S/C15H8N2O2S2/c16-7-9-5-14(17-12-4-2-1-3-11(9)12)21-10-6-13(15(18)19)20-8-10/h1-6,8H,(H,18,19). The quantitative estimate of drug-likeness (QED) is 0.790. The number of carboxylic acid groups (broad SMARTS) is 1. The van der Waals surface area contributed by atoms with Crippen LogP contribution in [-0.2, 0) is 0 Å². The Kier molecular flexibility index (Phi) is 3.60. The molecule has 0 fully saturated rings. The van der Waals surface area contributed by atoms with Crippen molar-refractivity contribution in [1.29, 1.82) is 5.26 Å². The fraction of sp³-hybridized carbons (Fsp3) is 0. The molecule has 3 aromatic rings. The van der Waals surface area contributed by atoms with Gasteiger partial charge in [-0.25, -0.2) is 9.78 Å². The third-order valence-electron chi connectivity index (χ3n) is 2.82. The molecule has 0 aliphatic carbocycles. The third kappa shape index (κ3) is 2.75. The number of para-hydroxylation sites is 1. The van der Waals surface area contributed by atoms with Crippen molar-refractivity contribution in [3.8, 4) is 6.07 Å². The van der Waals surface area contributed by atoms with E-state index in [-0.39, 0.29) is 0 Å². The summed E-state index contributed by atoms with van der Waals surface area (Å²) < 4.78 is 0. The monoisotopic (exact) mass is 312 g/mol. The van der Waals surface area contributed by atoms with Crippen molar-refractivity contribution in [2.45, 2.75) is 9.92 Å². The van der Waals surface area contributed by atoms with Crippen molar-refractivity contribution in [2.75, 3.05) is 0 Å². The molecule has 0 aliphatic heterocycles. The summed E-state index contributed by atoms with van der Waals surface area (Å²) in [5.41, 5.74) is 1.32. The number of carboxylic acids is 1. The second-order valence-corrected chi connectivity index (χ2v) is 6.20. The summed E-state index contributed by atoms with van der Waals surface area (Å²) >= 11 is 2.53. The number of nitriles is 1. The van der Waals surface area contributed by atoms with Gasteiger partial charge in [0.25, 0.3) is 0 Å². The molecule has 6 heteroatoms. The molecule has 0 amide bonds. The first-order chi connectivity index (χ1) is 10.2. The van der Waals surface area contributed by atoms with Crippen LogP contribution in [0.4, 0.5) is 0 Å². The van der Waals surface area contributed by atoms with E-state index < -0.39 is 5.97 Å². The van der Waals surface area contributed by atoms with Gasteiger partial charge < -0.3 is 5.11 Å². The van der Waals surface area contributed by atoms with Crippen LogP contribution < -0.4 is 0 Å². The number of hydrogen-bond donors (Lipinski definition) is 1. The number of hydrogen-bond acceptors (Lipinski definition) is 5. The van der Waals surface area contributed by atoms with E-state index in [0.717, 1.165) is 15.8 Å². The lowest BCUT2D eigenvalue weighted by Crippen LogP contribution is -1.90. The van der Waals surface area contributed by atoms with E-state index in [0.29, 0.717) is 15.5 Å². The van der Waals surface area contributed by atoms with Crippen molar-refractivity contribution in [1.82, 2.24) is 4.98 Å². The highest BCUT2D eigenvalue weighted by Crippen LogP contribution is 2.32. The Morgan fingerprint density at radius 2 is 2.14 bits per heavy atom. The maximum Gasteiger partial charge on any atom is 0.345 e. The number of aromatic nitrogens is 1. The lowest BCUT2D eigenvalue weighted by Gasteiger charge is -2.03. The van der Waals surface area contributed by atoms with Crippen LogP contribution >= 0.6 is 23.1 Å². The Morgan fingerprint density at radius 1 is 1.33 bits per heavy atom. The molecule has 0 spiro atoms. The van der Waals surface area contributed by atoms with Gasteiger partial charge in [0.15, 0.2) is 0 Å². The average Bonchev–Trinajstić information content (AvgIpc) is 2.95. The molecule has 2 aromatic heterocycles. The number of benzene rings is 1. The van der Waals surface area contributed by atoms with E-state index in [2.05, 4.69) is 11.1 Å². The minimum absolute atomic E-state index is 0.291. The maximum absolute atomic E-state index is 10.9. The van der Waals surface area contributed by atoms with E-state index >= 15 is 0 Å². The number of fused-ring (bicyclic) bond motifs is 1. The first-order valence-electron chi connectivity index (χ1n) is 5.97.